The maximum atomic E-state index is 11.4. The molecule has 0 aliphatic rings. The molecule has 0 saturated heterocycles. The van der Waals surface area contributed by atoms with Crippen molar-refractivity contribution in [2.24, 2.45) is 0 Å². The molecule has 0 heterocycles. The fraction of sp³-hybridized carbons (Fsp3) is 0.417. The van der Waals surface area contributed by atoms with Crippen LogP contribution in [0.5, 0.6) is 0 Å². The van der Waals surface area contributed by atoms with Crippen molar-refractivity contribution in [1.29, 1.82) is 0 Å². The van der Waals surface area contributed by atoms with E-state index in [1.54, 1.807) is 19.2 Å². The number of rotatable bonds is 6. The highest BCUT2D eigenvalue weighted by molar-refractivity contribution is 5.92. The van der Waals surface area contributed by atoms with Gasteiger partial charge < -0.3 is 20.1 Å². The summed E-state index contributed by atoms with van der Waals surface area (Å²) >= 11 is 0. The molecule has 0 saturated carbocycles. The van der Waals surface area contributed by atoms with Gasteiger partial charge in [0.2, 0.25) is 0 Å². The zero-order valence-electron chi connectivity index (χ0n) is 10.4. The first kappa shape index (κ1) is 13.3. The van der Waals surface area contributed by atoms with E-state index in [4.69, 9.17) is 4.74 Å². The first-order chi connectivity index (χ1) is 8.22. The van der Waals surface area contributed by atoms with Gasteiger partial charge in [0.05, 0.1) is 30.7 Å². The van der Waals surface area contributed by atoms with Crippen molar-refractivity contribution in [1.82, 2.24) is 0 Å². The van der Waals surface area contributed by atoms with Gasteiger partial charge in [-0.3, -0.25) is 0 Å². The second kappa shape index (κ2) is 6.75. The molecule has 1 aromatic rings. The predicted molar refractivity (Wildman–Crippen MR) is 67.7 cm³/mol. The molecule has 0 spiro atoms. The maximum absolute atomic E-state index is 11.4. The molecular weight excluding hydrogens is 220 g/mol. The average molecular weight is 238 g/mol. The lowest BCUT2D eigenvalue weighted by Gasteiger charge is -2.12. The molecule has 0 amide bonds. The van der Waals surface area contributed by atoms with Gasteiger partial charge in [-0.15, -0.1) is 0 Å². The standard InChI is InChI=1S/C12H18N2O3/c1-13-10-5-4-9(12(15)17-3)8-11(10)14-6-7-16-2/h4-5,8,13-14H,6-7H2,1-3H3. The third-order valence-corrected chi connectivity index (χ3v) is 2.33. The zero-order chi connectivity index (χ0) is 12.7. The number of esters is 1. The number of benzene rings is 1. The van der Waals surface area contributed by atoms with Crippen molar-refractivity contribution in [2.75, 3.05) is 45.1 Å². The minimum Gasteiger partial charge on any atom is -0.465 e. The Labute approximate surface area is 101 Å². The summed E-state index contributed by atoms with van der Waals surface area (Å²) in [6, 6.07) is 5.31. The highest BCUT2D eigenvalue weighted by Crippen LogP contribution is 2.22. The molecule has 0 unspecified atom stereocenters. The molecule has 2 N–H and O–H groups in total. The maximum Gasteiger partial charge on any atom is 0.337 e. The molecular formula is C12H18N2O3. The number of nitrogens with one attached hydrogen (secondary N) is 2. The molecule has 0 bridgehead atoms. The smallest absolute Gasteiger partial charge is 0.337 e. The van der Waals surface area contributed by atoms with Crippen LogP contribution < -0.4 is 10.6 Å². The van der Waals surface area contributed by atoms with Gasteiger partial charge in [0.15, 0.2) is 0 Å². The largest absolute Gasteiger partial charge is 0.465 e. The van der Waals surface area contributed by atoms with Crippen LogP contribution in [0.2, 0.25) is 0 Å². The molecule has 0 aliphatic carbocycles. The molecule has 0 fully saturated rings. The Bertz CT molecular complexity index is 380. The Morgan fingerprint density at radius 2 is 2.06 bits per heavy atom. The SMILES string of the molecule is CNc1ccc(C(=O)OC)cc1NCCOC. The number of carbonyl (C=O) groups excluding carboxylic acids is 1. The lowest BCUT2D eigenvalue weighted by Crippen LogP contribution is -2.10. The summed E-state index contributed by atoms with van der Waals surface area (Å²) < 4.78 is 9.64. The molecule has 1 rings (SSSR count). The Kier molecular flexibility index (Phi) is 5.29. The van der Waals surface area contributed by atoms with Crippen LogP contribution in [-0.2, 0) is 9.47 Å². The summed E-state index contributed by atoms with van der Waals surface area (Å²) in [5.74, 6) is -0.345. The van der Waals surface area contributed by atoms with E-state index in [9.17, 15) is 4.79 Å². The van der Waals surface area contributed by atoms with E-state index in [0.29, 0.717) is 18.7 Å². The number of anilines is 2. The van der Waals surface area contributed by atoms with E-state index >= 15 is 0 Å². The third-order valence-electron chi connectivity index (χ3n) is 2.33. The van der Waals surface area contributed by atoms with Gasteiger partial charge in [0.25, 0.3) is 0 Å². The lowest BCUT2D eigenvalue weighted by molar-refractivity contribution is 0.0601. The second-order valence-electron chi connectivity index (χ2n) is 3.42. The number of ether oxygens (including phenoxy) is 2. The molecule has 0 atom stereocenters. The van der Waals surface area contributed by atoms with Gasteiger partial charge in [-0.2, -0.15) is 0 Å². The fourth-order valence-corrected chi connectivity index (χ4v) is 1.44. The van der Waals surface area contributed by atoms with Gasteiger partial charge in [-0.25, -0.2) is 4.79 Å². The van der Waals surface area contributed by atoms with Crippen molar-refractivity contribution < 1.29 is 14.3 Å². The van der Waals surface area contributed by atoms with Crippen LogP contribution in [0.25, 0.3) is 0 Å². The van der Waals surface area contributed by atoms with Crippen LogP contribution in [0.1, 0.15) is 10.4 Å². The highest BCUT2D eigenvalue weighted by atomic mass is 16.5. The average Bonchev–Trinajstić information content (AvgIpc) is 2.38. The van der Waals surface area contributed by atoms with Crippen LogP contribution in [-0.4, -0.2) is 40.4 Å². The quantitative estimate of drug-likeness (QED) is 0.582. The van der Waals surface area contributed by atoms with Crippen molar-refractivity contribution >= 4 is 17.3 Å². The van der Waals surface area contributed by atoms with Gasteiger partial charge >= 0.3 is 5.97 Å². The lowest BCUT2D eigenvalue weighted by atomic mass is 10.1. The molecule has 1 aromatic carbocycles. The minimum atomic E-state index is -0.345. The summed E-state index contributed by atoms with van der Waals surface area (Å²) in [6.45, 7) is 1.28. The summed E-state index contributed by atoms with van der Waals surface area (Å²) in [5, 5.41) is 6.24. The van der Waals surface area contributed by atoms with E-state index in [-0.39, 0.29) is 5.97 Å². The number of hydrogen-bond donors (Lipinski definition) is 2. The zero-order valence-corrected chi connectivity index (χ0v) is 10.4. The summed E-state index contributed by atoms with van der Waals surface area (Å²) in [7, 11) is 4.84. The molecule has 5 nitrogen and oxygen atoms in total. The van der Waals surface area contributed by atoms with E-state index < -0.39 is 0 Å². The van der Waals surface area contributed by atoms with E-state index in [0.717, 1.165) is 11.4 Å². The first-order valence-corrected chi connectivity index (χ1v) is 5.36. The van der Waals surface area contributed by atoms with Gasteiger partial charge in [-0.1, -0.05) is 0 Å². The van der Waals surface area contributed by atoms with Crippen LogP contribution in [0.15, 0.2) is 18.2 Å². The summed E-state index contributed by atoms with van der Waals surface area (Å²) in [6.07, 6.45) is 0. The van der Waals surface area contributed by atoms with Gasteiger partial charge in [-0.05, 0) is 18.2 Å². The highest BCUT2D eigenvalue weighted by Gasteiger charge is 2.08. The molecule has 17 heavy (non-hydrogen) atoms. The summed E-state index contributed by atoms with van der Waals surface area (Å²) in [5.41, 5.74) is 2.30. The molecule has 94 valence electrons. The topological polar surface area (TPSA) is 59.6 Å². The van der Waals surface area contributed by atoms with Crippen molar-refractivity contribution in [3.8, 4) is 0 Å². The molecule has 0 radical (unpaired) electrons. The Morgan fingerprint density at radius 3 is 2.65 bits per heavy atom. The third kappa shape index (κ3) is 3.64. The number of carbonyl (C=O) groups is 1. The van der Waals surface area contributed by atoms with E-state index in [1.807, 2.05) is 13.1 Å². The van der Waals surface area contributed by atoms with Crippen LogP contribution >= 0.6 is 0 Å². The van der Waals surface area contributed by atoms with E-state index in [1.165, 1.54) is 7.11 Å². The van der Waals surface area contributed by atoms with Crippen LogP contribution in [0.4, 0.5) is 11.4 Å². The Balaban J connectivity index is 2.86. The molecule has 5 heteroatoms. The fourth-order valence-electron chi connectivity index (χ4n) is 1.44. The predicted octanol–water partition coefficient (Wildman–Crippen LogP) is 1.57. The van der Waals surface area contributed by atoms with Crippen molar-refractivity contribution in [3.63, 3.8) is 0 Å². The Morgan fingerprint density at radius 1 is 1.29 bits per heavy atom. The Hall–Kier alpha value is -1.75. The van der Waals surface area contributed by atoms with Gasteiger partial charge in [0, 0.05) is 20.7 Å². The molecule has 0 aliphatic heterocycles. The van der Waals surface area contributed by atoms with Crippen LogP contribution in [0.3, 0.4) is 0 Å². The monoisotopic (exact) mass is 238 g/mol. The van der Waals surface area contributed by atoms with Gasteiger partial charge in [0.1, 0.15) is 0 Å². The van der Waals surface area contributed by atoms with Crippen molar-refractivity contribution in [3.05, 3.63) is 23.8 Å². The summed E-state index contributed by atoms with van der Waals surface area (Å²) in [4.78, 5) is 11.4. The first-order valence-electron chi connectivity index (χ1n) is 5.36. The number of methoxy groups -OCH3 is 2. The minimum absolute atomic E-state index is 0.345. The molecule has 0 aromatic heterocycles. The number of hydrogen-bond acceptors (Lipinski definition) is 5. The second-order valence-corrected chi connectivity index (χ2v) is 3.42. The normalized spacial score (nSPS) is 9.82. The van der Waals surface area contributed by atoms with Crippen LogP contribution in [0, 0.1) is 0 Å². The van der Waals surface area contributed by atoms with E-state index in [2.05, 4.69) is 15.4 Å². The van der Waals surface area contributed by atoms with Crippen molar-refractivity contribution in [2.45, 2.75) is 0 Å².